The van der Waals surface area contributed by atoms with Gasteiger partial charge in [0.05, 0.1) is 16.3 Å². The van der Waals surface area contributed by atoms with E-state index >= 15 is 0 Å². The fourth-order valence-electron chi connectivity index (χ4n) is 3.44. The summed E-state index contributed by atoms with van der Waals surface area (Å²) in [6, 6.07) is 12.6. The van der Waals surface area contributed by atoms with Crippen LogP contribution < -0.4 is 15.1 Å². The minimum Gasteiger partial charge on any atom is -0.322 e. The van der Waals surface area contributed by atoms with Crippen LogP contribution in [0, 0.1) is 0 Å². The van der Waals surface area contributed by atoms with Gasteiger partial charge in [-0.05, 0) is 24.3 Å². The molecule has 0 aromatic heterocycles. The fraction of sp³-hybridized carbons (Fsp3) is 0.350. The van der Waals surface area contributed by atoms with Crippen LogP contribution in [0.15, 0.2) is 48.5 Å². The van der Waals surface area contributed by atoms with Gasteiger partial charge in [-0.2, -0.15) is 13.2 Å². The molecule has 28 heavy (non-hydrogen) atoms. The number of carbonyl (C=O) groups excluding carboxylic acids is 1. The average molecular weight is 414 g/mol. The molecule has 3 N–H and O–H groups in total. The lowest BCUT2D eigenvalue weighted by atomic mass is 10.1. The zero-order chi connectivity index (χ0) is 20.1. The SMILES string of the molecule is O=C(C[NH+]1CC[NH+](Cc2cccc(C(F)(F)F)c2)CC1)Nc1ccccc1Cl. The summed E-state index contributed by atoms with van der Waals surface area (Å²) < 4.78 is 38.5. The minimum atomic E-state index is -4.32. The Hall–Kier alpha value is -2.09. The van der Waals surface area contributed by atoms with Gasteiger partial charge in [0.1, 0.15) is 32.7 Å². The third-order valence-corrected chi connectivity index (χ3v) is 5.26. The van der Waals surface area contributed by atoms with Crippen molar-refractivity contribution in [3.63, 3.8) is 0 Å². The predicted molar refractivity (Wildman–Crippen MR) is 101 cm³/mol. The van der Waals surface area contributed by atoms with E-state index < -0.39 is 11.7 Å². The van der Waals surface area contributed by atoms with E-state index in [9.17, 15) is 18.0 Å². The van der Waals surface area contributed by atoms with Gasteiger partial charge in [-0.3, -0.25) is 4.79 Å². The number of nitrogens with one attached hydrogen (secondary N) is 3. The molecule has 8 heteroatoms. The molecule has 0 atom stereocenters. The topological polar surface area (TPSA) is 38.0 Å². The Morgan fingerprint density at radius 3 is 2.36 bits per heavy atom. The number of halogens is 4. The molecule has 0 bridgehead atoms. The van der Waals surface area contributed by atoms with Crippen LogP contribution in [0.3, 0.4) is 0 Å². The number of carbonyl (C=O) groups is 1. The average Bonchev–Trinajstić information content (AvgIpc) is 2.65. The monoisotopic (exact) mass is 413 g/mol. The molecule has 1 fully saturated rings. The number of anilines is 1. The van der Waals surface area contributed by atoms with Crippen LogP contribution in [0.2, 0.25) is 5.02 Å². The van der Waals surface area contributed by atoms with Gasteiger partial charge in [-0.1, -0.05) is 35.9 Å². The third-order valence-electron chi connectivity index (χ3n) is 4.93. The highest BCUT2D eigenvalue weighted by Gasteiger charge is 2.31. The second-order valence-electron chi connectivity index (χ2n) is 7.08. The number of hydrogen-bond acceptors (Lipinski definition) is 1. The van der Waals surface area contributed by atoms with E-state index in [1.807, 2.05) is 6.07 Å². The van der Waals surface area contributed by atoms with Gasteiger partial charge in [-0.15, -0.1) is 0 Å². The van der Waals surface area contributed by atoms with Gasteiger partial charge in [-0.25, -0.2) is 0 Å². The Labute approximate surface area is 166 Å². The lowest BCUT2D eigenvalue weighted by Crippen LogP contribution is -3.28. The second-order valence-corrected chi connectivity index (χ2v) is 7.49. The van der Waals surface area contributed by atoms with Gasteiger partial charge in [0.2, 0.25) is 0 Å². The van der Waals surface area contributed by atoms with Gasteiger partial charge in [0, 0.05) is 5.56 Å². The van der Waals surface area contributed by atoms with E-state index in [1.165, 1.54) is 17.0 Å². The van der Waals surface area contributed by atoms with Crippen LogP contribution in [0.1, 0.15) is 11.1 Å². The zero-order valence-electron chi connectivity index (χ0n) is 15.3. The van der Waals surface area contributed by atoms with Crippen molar-refractivity contribution in [3.8, 4) is 0 Å². The summed E-state index contributed by atoms with van der Waals surface area (Å²) in [5, 5.41) is 3.32. The van der Waals surface area contributed by atoms with Crippen molar-refractivity contribution in [2.75, 3.05) is 38.0 Å². The van der Waals surface area contributed by atoms with Crippen LogP contribution in [-0.4, -0.2) is 38.6 Å². The van der Waals surface area contributed by atoms with E-state index in [4.69, 9.17) is 11.6 Å². The number of quaternary nitrogens is 2. The molecule has 1 aliphatic heterocycles. The Morgan fingerprint density at radius 2 is 1.68 bits per heavy atom. The second kappa shape index (κ2) is 8.94. The van der Waals surface area contributed by atoms with E-state index in [-0.39, 0.29) is 5.91 Å². The van der Waals surface area contributed by atoms with Crippen molar-refractivity contribution >= 4 is 23.2 Å². The zero-order valence-corrected chi connectivity index (χ0v) is 16.0. The molecule has 1 saturated heterocycles. The lowest BCUT2D eigenvalue weighted by molar-refractivity contribution is -1.02. The lowest BCUT2D eigenvalue weighted by Gasteiger charge is -2.29. The molecule has 2 aromatic carbocycles. The van der Waals surface area contributed by atoms with Crippen molar-refractivity contribution < 1.29 is 27.8 Å². The number of benzene rings is 2. The number of amides is 1. The maximum atomic E-state index is 12.8. The summed E-state index contributed by atoms with van der Waals surface area (Å²) in [5.41, 5.74) is 0.678. The first-order chi connectivity index (χ1) is 13.3. The Kier molecular flexibility index (Phi) is 6.59. The maximum absolute atomic E-state index is 12.8. The van der Waals surface area contributed by atoms with Crippen LogP contribution in [0.4, 0.5) is 18.9 Å². The molecular weight excluding hydrogens is 391 g/mol. The molecule has 1 heterocycles. The molecule has 150 valence electrons. The highest BCUT2D eigenvalue weighted by atomic mass is 35.5. The number of rotatable bonds is 5. The molecule has 1 amide bonds. The third kappa shape index (κ3) is 5.70. The summed E-state index contributed by atoms with van der Waals surface area (Å²) in [7, 11) is 0. The van der Waals surface area contributed by atoms with E-state index in [0.717, 1.165) is 37.1 Å². The molecule has 0 saturated carbocycles. The Bertz CT molecular complexity index is 820. The van der Waals surface area contributed by atoms with E-state index in [2.05, 4.69) is 5.32 Å². The summed E-state index contributed by atoms with van der Waals surface area (Å²) in [4.78, 5) is 14.6. The highest BCUT2D eigenvalue weighted by molar-refractivity contribution is 6.33. The molecule has 0 radical (unpaired) electrons. The largest absolute Gasteiger partial charge is 0.416 e. The van der Waals surface area contributed by atoms with Crippen LogP contribution in [-0.2, 0) is 17.5 Å². The maximum Gasteiger partial charge on any atom is 0.416 e. The van der Waals surface area contributed by atoms with Gasteiger partial charge in [0.25, 0.3) is 5.91 Å². The van der Waals surface area contributed by atoms with Crippen molar-refractivity contribution in [3.05, 3.63) is 64.7 Å². The van der Waals surface area contributed by atoms with Crippen molar-refractivity contribution in [2.24, 2.45) is 0 Å². The van der Waals surface area contributed by atoms with Crippen molar-refractivity contribution in [2.45, 2.75) is 12.7 Å². The summed E-state index contributed by atoms with van der Waals surface area (Å²) in [6.45, 7) is 4.12. The van der Waals surface area contributed by atoms with Crippen molar-refractivity contribution in [1.29, 1.82) is 0 Å². The number of para-hydroxylation sites is 1. The van der Waals surface area contributed by atoms with Gasteiger partial charge < -0.3 is 15.1 Å². The van der Waals surface area contributed by atoms with E-state index in [0.29, 0.717) is 29.4 Å². The number of piperazine rings is 1. The highest BCUT2D eigenvalue weighted by Crippen LogP contribution is 2.29. The predicted octanol–water partition coefficient (Wildman–Crippen LogP) is 1.28. The molecule has 3 rings (SSSR count). The summed E-state index contributed by atoms with van der Waals surface area (Å²) >= 11 is 6.05. The molecule has 2 aromatic rings. The van der Waals surface area contributed by atoms with Crippen LogP contribution in [0.5, 0.6) is 0 Å². The molecule has 4 nitrogen and oxygen atoms in total. The smallest absolute Gasteiger partial charge is 0.322 e. The Morgan fingerprint density at radius 1 is 1.00 bits per heavy atom. The normalized spacial score (nSPS) is 20.0. The Balaban J connectivity index is 1.47. The quantitative estimate of drug-likeness (QED) is 0.679. The summed E-state index contributed by atoms with van der Waals surface area (Å²) in [5.74, 6) is -0.0931. The van der Waals surface area contributed by atoms with Crippen molar-refractivity contribution in [1.82, 2.24) is 0 Å². The van der Waals surface area contributed by atoms with Gasteiger partial charge >= 0.3 is 6.18 Å². The molecule has 0 unspecified atom stereocenters. The number of alkyl halides is 3. The summed E-state index contributed by atoms with van der Waals surface area (Å²) in [6.07, 6.45) is -4.32. The molecule has 0 aliphatic carbocycles. The molecule has 1 aliphatic rings. The molecular formula is C20H23ClF3N3O+2. The number of hydrogen-bond donors (Lipinski definition) is 3. The van der Waals surface area contributed by atoms with Crippen LogP contribution >= 0.6 is 11.6 Å². The standard InChI is InChI=1S/C20H21ClF3N3O/c21-17-6-1-2-7-18(17)25-19(28)14-27-10-8-26(9-11-27)13-15-4-3-5-16(12-15)20(22,23)24/h1-7,12H,8-11,13-14H2,(H,25,28)/p+2. The first-order valence-electron chi connectivity index (χ1n) is 9.19. The minimum absolute atomic E-state index is 0.0931. The first kappa shape index (κ1) is 20.6. The first-order valence-corrected chi connectivity index (χ1v) is 9.57. The fourth-order valence-corrected chi connectivity index (χ4v) is 3.62. The van der Waals surface area contributed by atoms with Crippen LogP contribution in [0.25, 0.3) is 0 Å². The van der Waals surface area contributed by atoms with E-state index in [1.54, 1.807) is 24.3 Å². The van der Waals surface area contributed by atoms with Gasteiger partial charge in [0.15, 0.2) is 6.54 Å². The molecule has 0 spiro atoms.